The Balaban J connectivity index is 1.51. The molecular formula is C14H14BrN5S2. The summed E-state index contributed by atoms with van der Waals surface area (Å²) in [4.78, 5) is 13.3. The minimum atomic E-state index is 0.432. The number of aliphatic imine (C=N–C) groups is 1. The van der Waals surface area contributed by atoms with E-state index in [0.717, 1.165) is 33.7 Å². The van der Waals surface area contributed by atoms with Crippen molar-refractivity contribution in [3.63, 3.8) is 0 Å². The average Bonchev–Trinajstić information content (AvgIpc) is 3.21. The lowest BCUT2D eigenvalue weighted by atomic mass is 10.2. The fourth-order valence-electron chi connectivity index (χ4n) is 2.59. The number of benzene rings is 1. The molecule has 2 atom stereocenters. The van der Waals surface area contributed by atoms with E-state index in [0.29, 0.717) is 11.3 Å². The smallest absolute Gasteiger partial charge is 0.196 e. The van der Waals surface area contributed by atoms with Crippen LogP contribution in [0.15, 0.2) is 34.0 Å². The Kier molecular flexibility index (Phi) is 4.15. The molecule has 2 aliphatic heterocycles. The molecule has 114 valence electrons. The lowest BCUT2D eigenvalue weighted by molar-refractivity contribution is 0.615. The fourth-order valence-corrected chi connectivity index (χ4v) is 6.19. The molecule has 1 fully saturated rings. The number of anilines is 1. The molecule has 4 rings (SSSR count). The monoisotopic (exact) mass is 395 g/mol. The molecular weight excluding hydrogens is 382 g/mol. The summed E-state index contributed by atoms with van der Waals surface area (Å²) in [7, 11) is 3.94. The predicted octanol–water partition coefficient (Wildman–Crippen LogP) is 3.29. The summed E-state index contributed by atoms with van der Waals surface area (Å²) in [6.45, 7) is 0.839. The zero-order valence-corrected chi connectivity index (χ0v) is 14.8. The Morgan fingerprint density at radius 2 is 2.18 bits per heavy atom. The van der Waals surface area contributed by atoms with Crippen LogP contribution in [0.5, 0.6) is 0 Å². The SMILES string of the molecule is Brc1c(NC2=NCC(C3CCSS3)N2)ccc2nccnc12. The molecule has 22 heavy (non-hydrogen) atoms. The molecule has 0 saturated carbocycles. The van der Waals surface area contributed by atoms with Gasteiger partial charge >= 0.3 is 0 Å². The summed E-state index contributed by atoms with van der Waals surface area (Å²) < 4.78 is 0.914. The van der Waals surface area contributed by atoms with Crippen LogP contribution in [0, 0.1) is 0 Å². The van der Waals surface area contributed by atoms with E-state index in [2.05, 4.69) is 41.5 Å². The van der Waals surface area contributed by atoms with E-state index in [-0.39, 0.29) is 0 Å². The molecule has 1 aromatic heterocycles. The highest BCUT2D eigenvalue weighted by atomic mass is 79.9. The highest BCUT2D eigenvalue weighted by Crippen LogP contribution is 2.39. The molecule has 0 aliphatic carbocycles. The largest absolute Gasteiger partial charge is 0.350 e. The first kappa shape index (κ1) is 14.6. The van der Waals surface area contributed by atoms with Crippen molar-refractivity contribution in [2.75, 3.05) is 17.6 Å². The van der Waals surface area contributed by atoms with Crippen molar-refractivity contribution in [2.24, 2.45) is 4.99 Å². The summed E-state index contributed by atoms with van der Waals surface area (Å²) >= 11 is 3.62. The molecule has 0 spiro atoms. The summed E-state index contributed by atoms with van der Waals surface area (Å²) in [6.07, 6.45) is 4.66. The Bertz CT molecular complexity index is 732. The van der Waals surface area contributed by atoms with Gasteiger partial charge < -0.3 is 10.6 Å². The molecule has 2 aliphatic rings. The van der Waals surface area contributed by atoms with Crippen molar-refractivity contribution in [1.82, 2.24) is 15.3 Å². The van der Waals surface area contributed by atoms with Gasteiger partial charge in [0.1, 0.15) is 5.52 Å². The highest BCUT2D eigenvalue weighted by molar-refractivity contribution is 9.10. The van der Waals surface area contributed by atoms with E-state index in [1.807, 2.05) is 33.7 Å². The maximum atomic E-state index is 4.59. The second kappa shape index (κ2) is 6.25. The first-order valence-corrected chi connectivity index (χ1v) is 10.2. The third-order valence-corrected chi connectivity index (χ3v) is 7.53. The quantitative estimate of drug-likeness (QED) is 0.760. The third kappa shape index (κ3) is 2.79. The van der Waals surface area contributed by atoms with Gasteiger partial charge in [-0.15, -0.1) is 0 Å². The Labute approximate surface area is 144 Å². The van der Waals surface area contributed by atoms with Crippen LogP contribution in [-0.4, -0.2) is 39.5 Å². The molecule has 0 bridgehead atoms. The van der Waals surface area contributed by atoms with Gasteiger partial charge in [0, 0.05) is 23.4 Å². The number of hydrogen-bond donors (Lipinski definition) is 2. The number of nitrogens with zero attached hydrogens (tertiary/aromatic N) is 3. The predicted molar refractivity (Wildman–Crippen MR) is 98.5 cm³/mol. The van der Waals surface area contributed by atoms with Gasteiger partial charge in [-0.2, -0.15) is 0 Å². The zero-order chi connectivity index (χ0) is 14.9. The van der Waals surface area contributed by atoms with E-state index >= 15 is 0 Å². The Morgan fingerprint density at radius 3 is 3.05 bits per heavy atom. The molecule has 5 nitrogen and oxygen atoms in total. The first-order chi connectivity index (χ1) is 10.8. The third-order valence-electron chi connectivity index (χ3n) is 3.73. The first-order valence-electron chi connectivity index (χ1n) is 7.07. The van der Waals surface area contributed by atoms with Gasteiger partial charge in [-0.25, -0.2) is 0 Å². The lowest BCUT2D eigenvalue weighted by Crippen LogP contribution is -2.40. The molecule has 1 saturated heterocycles. The Hall–Kier alpha value is -0.990. The van der Waals surface area contributed by atoms with Crippen molar-refractivity contribution in [1.29, 1.82) is 0 Å². The van der Waals surface area contributed by atoms with Crippen LogP contribution >= 0.6 is 37.5 Å². The molecule has 0 radical (unpaired) electrons. The van der Waals surface area contributed by atoms with Crippen LogP contribution in [0.4, 0.5) is 5.69 Å². The summed E-state index contributed by atoms with van der Waals surface area (Å²) in [5.41, 5.74) is 2.68. The van der Waals surface area contributed by atoms with Gasteiger partial charge in [0.2, 0.25) is 0 Å². The van der Waals surface area contributed by atoms with Crippen molar-refractivity contribution in [2.45, 2.75) is 17.7 Å². The van der Waals surface area contributed by atoms with Crippen LogP contribution in [-0.2, 0) is 0 Å². The molecule has 3 heterocycles. The number of guanidine groups is 1. The zero-order valence-electron chi connectivity index (χ0n) is 11.6. The van der Waals surface area contributed by atoms with E-state index in [1.54, 1.807) is 12.4 Å². The molecule has 1 aromatic carbocycles. The van der Waals surface area contributed by atoms with Gasteiger partial charge in [-0.1, -0.05) is 21.6 Å². The minimum absolute atomic E-state index is 0.432. The normalized spacial score (nSPS) is 24.3. The van der Waals surface area contributed by atoms with Crippen molar-refractivity contribution in [3.8, 4) is 0 Å². The lowest BCUT2D eigenvalue weighted by Gasteiger charge is -2.18. The van der Waals surface area contributed by atoms with Crippen LogP contribution in [0.3, 0.4) is 0 Å². The van der Waals surface area contributed by atoms with Crippen LogP contribution < -0.4 is 10.6 Å². The number of hydrogen-bond acceptors (Lipinski definition) is 7. The number of nitrogens with one attached hydrogen (secondary N) is 2. The van der Waals surface area contributed by atoms with Gasteiger partial charge in [-0.05, 0) is 34.5 Å². The highest BCUT2D eigenvalue weighted by Gasteiger charge is 2.30. The second-order valence-electron chi connectivity index (χ2n) is 5.16. The number of aromatic nitrogens is 2. The fraction of sp³-hybridized carbons (Fsp3) is 0.357. The maximum Gasteiger partial charge on any atom is 0.196 e. The summed E-state index contributed by atoms with van der Waals surface area (Å²) in [5.74, 6) is 2.08. The van der Waals surface area contributed by atoms with Crippen LogP contribution in [0.1, 0.15) is 6.42 Å². The second-order valence-corrected chi connectivity index (χ2v) is 8.68. The van der Waals surface area contributed by atoms with E-state index in [9.17, 15) is 0 Å². The molecule has 2 unspecified atom stereocenters. The maximum absolute atomic E-state index is 4.59. The molecule has 8 heteroatoms. The number of fused-ring (bicyclic) bond motifs is 1. The van der Waals surface area contributed by atoms with Gasteiger partial charge in [0.25, 0.3) is 0 Å². The van der Waals surface area contributed by atoms with E-state index in [4.69, 9.17) is 0 Å². The summed E-state index contributed by atoms with van der Waals surface area (Å²) in [6, 6.07) is 4.39. The minimum Gasteiger partial charge on any atom is -0.350 e. The number of rotatable bonds is 2. The van der Waals surface area contributed by atoms with Gasteiger partial charge in [-0.3, -0.25) is 15.0 Å². The van der Waals surface area contributed by atoms with Crippen LogP contribution in [0.25, 0.3) is 11.0 Å². The summed E-state index contributed by atoms with van der Waals surface area (Å²) in [5, 5.41) is 7.52. The molecule has 2 N–H and O–H groups in total. The van der Waals surface area contributed by atoms with Gasteiger partial charge in [0.05, 0.1) is 28.3 Å². The molecule has 0 amide bonds. The average molecular weight is 396 g/mol. The van der Waals surface area contributed by atoms with Gasteiger partial charge in [0.15, 0.2) is 5.96 Å². The van der Waals surface area contributed by atoms with Crippen molar-refractivity contribution < 1.29 is 0 Å². The number of halogens is 1. The van der Waals surface area contributed by atoms with E-state index < -0.39 is 0 Å². The molecule has 2 aromatic rings. The van der Waals surface area contributed by atoms with Crippen molar-refractivity contribution in [3.05, 3.63) is 29.0 Å². The van der Waals surface area contributed by atoms with Crippen LogP contribution in [0.2, 0.25) is 0 Å². The standard InChI is InChI=1S/C14H14BrN5S2/c15-12-8(1-2-9-13(12)17-5-4-16-9)19-14-18-7-10(20-14)11-3-6-21-22-11/h1-2,4-5,10-11H,3,6-7H2,(H2,18,19,20). The topological polar surface area (TPSA) is 62.2 Å². The van der Waals surface area contributed by atoms with Crippen molar-refractivity contribution >= 4 is 60.2 Å². The Morgan fingerprint density at radius 1 is 1.27 bits per heavy atom. The van der Waals surface area contributed by atoms with E-state index in [1.165, 1.54) is 12.2 Å².